The van der Waals surface area contributed by atoms with Crippen LogP contribution in [-0.4, -0.2) is 55.8 Å². The van der Waals surface area contributed by atoms with Gasteiger partial charge in [0, 0.05) is 18.7 Å². The van der Waals surface area contributed by atoms with Crippen molar-refractivity contribution in [3.63, 3.8) is 0 Å². The maximum Gasteiger partial charge on any atom is 0.266 e. The minimum Gasteiger partial charge on any atom is -0.493 e. The first-order valence-electron chi connectivity index (χ1n) is 8.14. The Bertz CT molecular complexity index is 774. The number of thiazole rings is 1. The normalized spacial score (nSPS) is 17.4. The van der Waals surface area contributed by atoms with Gasteiger partial charge in [0.05, 0.1) is 32.6 Å². The summed E-state index contributed by atoms with van der Waals surface area (Å²) in [6.45, 7) is 5.66. The number of aromatic nitrogens is 1. The van der Waals surface area contributed by atoms with Crippen LogP contribution in [0, 0.1) is 6.92 Å². The molecule has 1 amide bonds. The molecule has 134 valence electrons. The summed E-state index contributed by atoms with van der Waals surface area (Å²) in [6.07, 6.45) is 0.0660. The first-order chi connectivity index (χ1) is 12.0. The quantitative estimate of drug-likeness (QED) is 0.837. The molecule has 2 aromatic rings. The Labute approximate surface area is 151 Å². The molecule has 0 spiro atoms. The summed E-state index contributed by atoms with van der Waals surface area (Å²) in [4.78, 5) is 19.9. The van der Waals surface area contributed by atoms with Gasteiger partial charge in [0.25, 0.3) is 5.91 Å². The monoisotopic (exact) mass is 362 g/mol. The number of aryl methyl sites for hydroxylation is 1. The van der Waals surface area contributed by atoms with Crippen LogP contribution in [-0.2, 0) is 4.74 Å². The molecule has 0 saturated carbocycles. The van der Waals surface area contributed by atoms with Gasteiger partial charge in [-0.25, -0.2) is 4.98 Å². The van der Waals surface area contributed by atoms with E-state index >= 15 is 0 Å². The zero-order valence-electron chi connectivity index (χ0n) is 14.9. The number of nitrogens with zero attached hydrogens (tertiary/aromatic N) is 2. The van der Waals surface area contributed by atoms with Crippen LogP contribution < -0.4 is 9.47 Å². The molecule has 25 heavy (non-hydrogen) atoms. The highest BCUT2D eigenvalue weighted by atomic mass is 32.1. The largest absolute Gasteiger partial charge is 0.493 e. The van der Waals surface area contributed by atoms with E-state index in [2.05, 4.69) is 4.98 Å². The van der Waals surface area contributed by atoms with Gasteiger partial charge in [0.1, 0.15) is 9.88 Å². The Morgan fingerprint density at radius 1 is 1.32 bits per heavy atom. The lowest BCUT2D eigenvalue weighted by atomic mass is 10.2. The van der Waals surface area contributed by atoms with Gasteiger partial charge in [-0.15, -0.1) is 11.3 Å². The number of hydrogen-bond acceptors (Lipinski definition) is 6. The number of carbonyl (C=O) groups is 1. The van der Waals surface area contributed by atoms with E-state index in [1.54, 1.807) is 14.2 Å². The van der Waals surface area contributed by atoms with E-state index in [0.29, 0.717) is 36.1 Å². The minimum absolute atomic E-state index is 0.0249. The third-order valence-corrected chi connectivity index (χ3v) is 5.34. The van der Waals surface area contributed by atoms with Crippen LogP contribution in [0.4, 0.5) is 0 Å². The zero-order valence-corrected chi connectivity index (χ0v) is 15.7. The summed E-state index contributed by atoms with van der Waals surface area (Å²) in [7, 11) is 3.20. The van der Waals surface area contributed by atoms with Crippen molar-refractivity contribution in [2.24, 2.45) is 0 Å². The Balaban J connectivity index is 1.88. The highest BCUT2D eigenvalue weighted by Gasteiger charge is 2.26. The average Bonchev–Trinajstić information content (AvgIpc) is 3.02. The lowest BCUT2D eigenvalue weighted by molar-refractivity contribution is -0.0122. The fraction of sp³-hybridized carbons (Fsp3) is 0.444. The van der Waals surface area contributed by atoms with E-state index in [4.69, 9.17) is 14.2 Å². The van der Waals surface area contributed by atoms with Gasteiger partial charge >= 0.3 is 0 Å². The molecule has 1 unspecified atom stereocenters. The first-order valence-corrected chi connectivity index (χ1v) is 8.95. The van der Waals surface area contributed by atoms with E-state index in [-0.39, 0.29) is 12.0 Å². The molecular weight excluding hydrogens is 340 g/mol. The van der Waals surface area contributed by atoms with E-state index in [9.17, 15) is 4.79 Å². The van der Waals surface area contributed by atoms with Crippen LogP contribution in [0.15, 0.2) is 18.2 Å². The number of methoxy groups -OCH3 is 2. The van der Waals surface area contributed by atoms with Crippen molar-refractivity contribution in [3.8, 4) is 22.1 Å². The summed E-state index contributed by atoms with van der Waals surface area (Å²) < 4.78 is 16.1. The van der Waals surface area contributed by atoms with Gasteiger partial charge in [-0.2, -0.15) is 0 Å². The second-order valence-corrected chi connectivity index (χ2v) is 6.93. The van der Waals surface area contributed by atoms with E-state index in [0.717, 1.165) is 16.3 Å². The molecule has 0 radical (unpaired) electrons. The third-order valence-electron chi connectivity index (χ3n) is 4.15. The lowest BCUT2D eigenvalue weighted by Gasteiger charge is -2.30. The number of ether oxygens (including phenoxy) is 3. The molecule has 1 aliphatic rings. The van der Waals surface area contributed by atoms with Crippen molar-refractivity contribution < 1.29 is 19.0 Å². The number of benzene rings is 1. The van der Waals surface area contributed by atoms with Crippen molar-refractivity contribution in [3.05, 3.63) is 28.8 Å². The van der Waals surface area contributed by atoms with Crippen molar-refractivity contribution in [2.45, 2.75) is 20.0 Å². The topological polar surface area (TPSA) is 60.9 Å². The summed E-state index contributed by atoms with van der Waals surface area (Å²) in [5.74, 6) is 1.33. The molecule has 1 aromatic heterocycles. The molecule has 1 fully saturated rings. The number of carbonyl (C=O) groups excluding carboxylic acids is 1. The molecule has 0 bridgehead atoms. The molecule has 6 nitrogen and oxygen atoms in total. The van der Waals surface area contributed by atoms with Crippen LogP contribution >= 0.6 is 11.3 Å². The molecule has 3 rings (SSSR count). The number of morpholine rings is 1. The highest BCUT2D eigenvalue weighted by molar-refractivity contribution is 7.17. The van der Waals surface area contributed by atoms with Crippen molar-refractivity contribution in [2.75, 3.05) is 33.9 Å². The van der Waals surface area contributed by atoms with Gasteiger partial charge in [-0.05, 0) is 32.0 Å². The molecule has 2 heterocycles. The van der Waals surface area contributed by atoms with Gasteiger partial charge in [-0.1, -0.05) is 0 Å². The predicted molar refractivity (Wildman–Crippen MR) is 96.7 cm³/mol. The molecular formula is C18H22N2O4S. The van der Waals surface area contributed by atoms with Gasteiger partial charge in [-0.3, -0.25) is 4.79 Å². The molecule has 7 heteroatoms. The lowest BCUT2D eigenvalue weighted by Crippen LogP contribution is -2.44. The van der Waals surface area contributed by atoms with Crippen LogP contribution in [0.5, 0.6) is 11.5 Å². The van der Waals surface area contributed by atoms with Crippen molar-refractivity contribution >= 4 is 17.2 Å². The Morgan fingerprint density at radius 2 is 2.08 bits per heavy atom. The molecule has 1 aromatic carbocycles. The zero-order chi connectivity index (χ0) is 18.0. The Kier molecular flexibility index (Phi) is 5.24. The van der Waals surface area contributed by atoms with Crippen molar-refractivity contribution in [1.29, 1.82) is 0 Å². The van der Waals surface area contributed by atoms with E-state index < -0.39 is 0 Å². The van der Waals surface area contributed by atoms with Gasteiger partial charge in [0.15, 0.2) is 11.5 Å². The Morgan fingerprint density at radius 3 is 2.76 bits per heavy atom. The fourth-order valence-electron chi connectivity index (χ4n) is 2.83. The maximum atomic E-state index is 12.8. The smallest absolute Gasteiger partial charge is 0.266 e. The van der Waals surface area contributed by atoms with E-state index in [1.165, 1.54) is 11.3 Å². The minimum atomic E-state index is 0.0249. The summed E-state index contributed by atoms with van der Waals surface area (Å²) in [5, 5.41) is 0.795. The van der Waals surface area contributed by atoms with Gasteiger partial charge in [0.2, 0.25) is 0 Å². The molecule has 0 N–H and O–H groups in total. The standard InChI is InChI=1S/C18H22N2O4S/c1-11-10-20(7-8-24-11)18(21)16-12(2)19-17(25-16)13-5-6-14(22-3)15(9-13)23-4/h5-6,9,11H,7-8,10H2,1-4H3. The van der Waals surface area contributed by atoms with Gasteiger partial charge < -0.3 is 19.1 Å². The Hall–Kier alpha value is -2.12. The highest BCUT2D eigenvalue weighted by Crippen LogP contribution is 2.35. The second kappa shape index (κ2) is 7.41. The third kappa shape index (κ3) is 3.62. The molecule has 1 atom stereocenters. The number of amides is 1. The predicted octanol–water partition coefficient (Wildman–Crippen LogP) is 3.00. The van der Waals surface area contributed by atoms with Crippen LogP contribution in [0.3, 0.4) is 0 Å². The summed E-state index contributed by atoms with van der Waals surface area (Å²) in [5.41, 5.74) is 1.65. The number of rotatable bonds is 4. The first kappa shape index (κ1) is 17.7. The second-order valence-electron chi connectivity index (χ2n) is 5.94. The maximum absolute atomic E-state index is 12.8. The van der Waals surface area contributed by atoms with E-state index in [1.807, 2.05) is 36.9 Å². The molecule has 0 aliphatic carbocycles. The average molecular weight is 362 g/mol. The number of hydrogen-bond donors (Lipinski definition) is 0. The van der Waals surface area contributed by atoms with Crippen LogP contribution in [0.25, 0.3) is 10.6 Å². The molecule has 1 saturated heterocycles. The van der Waals surface area contributed by atoms with Crippen molar-refractivity contribution in [1.82, 2.24) is 9.88 Å². The summed E-state index contributed by atoms with van der Waals surface area (Å²) in [6, 6.07) is 5.64. The summed E-state index contributed by atoms with van der Waals surface area (Å²) >= 11 is 1.41. The fourth-order valence-corrected chi connectivity index (χ4v) is 3.86. The van der Waals surface area contributed by atoms with Crippen LogP contribution in [0.1, 0.15) is 22.3 Å². The SMILES string of the molecule is COc1ccc(-c2nc(C)c(C(=O)N3CCOC(C)C3)s2)cc1OC. The van der Waals surface area contributed by atoms with Crippen LogP contribution in [0.2, 0.25) is 0 Å². The molecule has 1 aliphatic heterocycles.